The van der Waals surface area contributed by atoms with Crippen molar-refractivity contribution in [2.24, 2.45) is 0 Å². The molecule has 1 aromatic carbocycles. The summed E-state index contributed by atoms with van der Waals surface area (Å²) < 4.78 is 1.72. The number of nitro groups is 1. The Bertz CT molecular complexity index is 544. The number of nitrogens with zero attached hydrogens (tertiary/aromatic N) is 3. The highest BCUT2D eigenvalue weighted by Crippen LogP contribution is 2.11. The van der Waals surface area contributed by atoms with E-state index in [1.54, 1.807) is 16.8 Å². The number of non-ortho nitro benzene ring substituents is 1. The maximum absolute atomic E-state index is 10.5. The summed E-state index contributed by atoms with van der Waals surface area (Å²) in [5.74, 6) is 0. The summed E-state index contributed by atoms with van der Waals surface area (Å²) in [5.41, 5.74) is 2.89. The number of nitro benzene ring substituents is 1. The number of hydrogen-bond donors (Lipinski definition) is 0. The Morgan fingerprint density at radius 3 is 2.41 bits per heavy atom. The molecule has 0 atom stereocenters. The molecule has 0 amide bonds. The van der Waals surface area contributed by atoms with Crippen LogP contribution in [0.25, 0.3) is 5.69 Å². The minimum atomic E-state index is -0.413. The van der Waals surface area contributed by atoms with E-state index in [9.17, 15) is 10.1 Å². The molecule has 0 aliphatic heterocycles. The molecule has 0 bridgehead atoms. The van der Waals surface area contributed by atoms with E-state index in [1.807, 2.05) is 26.1 Å². The third-order valence-electron chi connectivity index (χ3n) is 2.35. The third-order valence-corrected chi connectivity index (χ3v) is 2.35. The fourth-order valence-corrected chi connectivity index (χ4v) is 1.65. The second-order valence-electron chi connectivity index (χ2n) is 3.88. The minimum Gasteiger partial charge on any atom is -0.258 e. The lowest BCUT2D eigenvalue weighted by Gasteiger charge is -1.96. The molecule has 0 radical (unpaired) electrons. The van der Waals surface area contributed by atoms with Gasteiger partial charge in [-0.2, -0.15) is 0 Å². The van der Waals surface area contributed by atoms with Gasteiger partial charge in [-0.3, -0.25) is 10.1 Å². The highest BCUT2D eigenvalue weighted by atomic mass is 16.6. The van der Waals surface area contributed by atoms with Gasteiger partial charge in [0.2, 0.25) is 11.9 Å². The molecule has 0 unspecified atom stereocenters. The van der Waals surface area contributed by atoms with Crippen LogP contribution < -0.4 is 4.68 Å². The molecule has 5 heteroatoms. The van der Waals surface area contributed by atoms with Gasteiger partial charge in [-0.05, 0) is 19.9 Å². The summed E-state index contributed by atoms with van der Waals surface area (Å²) in [6.07, 6.45) is 1.88. The first kappa shape index (κ1) is 11.2. The molecule has 0 aliphatic carbocycles. The van der Waals surface area contributed by atoms with Crippen LogP contribution in [0.15, 0.2) is 36.5 Å². The van der Waals surface area contributed by atoms with Crippen molar-refractivity contribution in [1.29, 1.82) is 0 Å². The topological polar surface area (TPSA) is 59.9 Å². The van der Waals surface area contributed by atoms with E-state index in [2.05, 4.69) is 5.10 Å². The van der Waals surface area contributed by atoms with E-state index in [-0.39, 0.29) is 5.69 Å². The van der Waals surface area contributed by atoms with Crippen molar-refractivity contribution in [2.75, 3.05) is 0 Å². The summed E-state index contributed by atoms with van der Waals surface area (Å²) in [5, 5.41) is 14.9. The van der Waals surface area contributed by atoms with Gasteiger partial charge in [-0.15, -0.1) is 0 Å². The SMILES string of the molecule is Cc1cc(C)n[n+](-c2ccc([N+](=O)[O-])cc2)c1. The second-order valence-corrected chi connectivity index (χ2v) is 3.88. The fraction of sp³-hybridized carbons (Fsp3) is 0.167. The van der Waals surface area contributed by atoms with Crippen LogP contribution in [0, 0.1) is 24.0 Å². The minimum absolute atomic E-state index is 0.0822. The van der Waals surface area contributed by atoms with Crippen LogP contribution in [0.3, 0.4) is 0 Å². The Kier molecular flexibility index (Phi) is 2.82. The first-order valence-electron chi connectivity index (χ1n) is 5.18. The second kappa shape index (κ2) is 4.29. The standard InChI is InChI=1S/C12H12N3O2/c1-9-7-10(2)13-14(8-9)11-3-5-12(6-4-11)15(16)17/h3-8H,1-2H3/q+1. The van der Waals surface area contributed by atoms with Crippen LogP contribution in [0.5, 0.6) is 0 Å². The molecule has 0 aliphatic rings. The zero-order chi connectivity index (χ0) is 12.4. The van der Waals surface area contributed by atoms with Gasteiger partial charge >= 0.3 is 0 Å². The first-order chi connectivity index (χ1) is 8.06. The molecular formula is C12H12N3O2+. The summed E-state index contributed by atoms with van der Waals surface area (Å²) in [6.45, 7) is 3.89. The maximum Gasteiger partial charge on any atom is 0.269 e. The lowest BCUT2D eigenvalue weighted by atomic mass is 10.2. The summed E-state index contributed by atoms with van der Waals surface area (Å²) >= 11 is 0. The molecule has 1 aromatic heterocycles. The van der Waals surface area contributed by atoms with E-state index in [4.69, 9.17) is 0 Å². The Morgan fingerprint density at radius 2 is 1.88 bits per heavy atom. The molecule has 1 heterocycles. The predicted octanol–water partition coefficient (Wildman–Crippen LogP) is 1.88. The van der Waals surface area contributed by atoms with Gasteiger partial charge in [0.15, 0.2) is 0 Å². The highest BCUT2D eigenvalue weighted by molar-refractivity contribution is 5.36. The molecule has 2 rings (SSSR count). The zero-order valence-corrected chi connectivity index (χ0v) is 9.62. The van der Waals surface area contributed by atoms with Gasteiger partial charge in [-0.1, -0.05) is 4.68 Å². The Balaban J connectivity index is 2.43. The average molecular weight is 230 g/mol. The van der Waals surface area contributed by atoms with Crippen molar-refractivity contribution in [2.45, 2.75) is 13.8 Å². The molecule has 86 valence electrons. The van der Waals surface area contributed by atoms with Gasteiger partial charge < -0.3 is 0 Å². The van der Waals surface area contributed by atoms with Gasteiger partial charge in [0.05, 0.1) is 4.92 Å². The number of benzene rings is 1. The lowest BCUT2D eigenvalue weighted by Crippen LogP contribution is -2.35. The molecule has 0 saturated carbocycles. The monoisotopic (exact) mass is 230 g/mol. The van der Waals surface area contributed by atoms with Gasteiger partial charge in [-0.25, -0.2) is 0 Å². The number of aromatic nitrogens is 2. The number of aryl methyl sites for hydroxylation is 2. The maximum atomic E-state index is 10.5. The van der Waals surface area contributed by atoms with Crippen molar-refractivity contribution < 1.29 is 9.61 Å². The molecule has 17 heavy (non-hydrogen) atoms. The Labute approximate surface area is 98.5 Å². The number of hydrogen-bond acceptors (Lipinski definition) is 3. The van der Waals surface area contributed by atoms with Crippen LogP contribution in [-0.2, 0) is 0 Å². The van der Waals surface area contributed by atoms with E-state index in [1.165, 1.54) is 12.1 Å². The van der Waals surface area contributed by atoms with Gasteiger partial charge in [0.25, 0.3) is 5.69 Å². The first-order valence-corrected chi connectivity index (χ1v) is 5.18. The van der Waals surface area contributed by atoms with E-state index in [0.717, 1.165) is 16.9 Å². The molecule has 0 fully saturated rings. The van der Waals surface area contributed by atoms with Crippen molar-refractivity contribution in [3.63, 3.8) is 0 Å². The molecular weight excluding hydrogens is 218 g/mol. The molecule has 5 nitrogen and oxygen atoms in total. The lowest BCUT2D eigenvalue weighted by molar-refractivity contribution is -0.660. The van der Waals surface area contributed by atoms with Crippen LogP contribution >= 0.6 is 0 Å². The van der Waals surface area contributed by atoms with E-state index in [0.29, 0.717) is 0 Å². The molecule has 0 N–H and O–H groups in total. The molecule has 0 saturated heterocycles. The summed E-state index contributed by atoms with van der Waals surface area (Å²) in [4.78, 5) is 10.1. The zero-order valence-electron chi connectivity index (χ0n) is 9.62. The van der Waals surface area contributed by atoms with Crippen LogP contribution in [0.1, 0.15) is 11.3 Å². The predicted molar refractivity (Wildman–Crippen MR) is 61.9 cm³/mol. The van der Waals surface area contributed by atoms with Crippen LogP contribution in [0.4, 0.5) is 5.69 Å². The smallest absolute Gasteiger partial charge is 0.258 e. The molecule has 2 aromatic rings. The quantitative estimate of drug-likeness (QED) is 0.449. The van der Waals surface area contributed by atoms with Gasteiger partial charge in [0, 0.05) is 34.9 Å². The van der Waals surface area contributed by atoms with Gasteiger partial charge in [0.1, 0.15) is 5.69 Å². The average Bonchev–Trinajstić information content (AvgIpc) is 2.28. The van der Waals surface area contributed by atoms with Crippen LogP contribution in [-0.4, -0.2) is 10.0 Å². The Hall–Kier alpha value is -2.30. The van der Waals surface area contributed by atoms with Crippen molar-refractivity contribution >= 4 is 5.69 Å². The normalized spacial score (nSPS) is 10.2. The van der Waals surface area contributed by atoms with Crippen LogP contribution in [0.2, 0.25) is 0 Å². The fourth-order valence-electron chi connectivity index (χ4n) is 1.65. The molecule has 0 spiro atoms. The number of rotatable bonds is 2. The van der Waals surface area contributed by atoms with Crippen molar-refractivity contribution in [3.8, 4) is 5.69 Å². The van der Waals surface area contributed by atoms with Crippen molar-refractivity contribution in [3.05, 3.63) is 57.9 Å². The van der Waals surface area contributed by atoms with E-state index >= 15 is 0 Å². The summed E-state index contributed by atoms with van der Waals surface area (Å²) in [6, 6.07) is 8.29. The van der Waals surface area contributed by atoms with Crippen molar-refractivity contribution in [1.82, 2.24) is 5.10 Å². The Morgan fingerprint density at radius 1 is 1.24 bits per heavy atom. The van der Waals surface area contributed by atoms with E-state index < -0.39 is 4.92 Å². The summed E-state index contributed by atoms with van der Waals surface area (Å²) in [7, 11) is 0. The third kappa shape index (κ3) is 2.44. The largest absolute Gasteiger partial charge is 0.269 e. The highest BCUT2D eigenvalue weighted by Gasteiger charge is 2.12.